The van der Waals surface area contributed by atoms with E-state index >= 15 is 0 Å². The molecule has 1 aromatic heterocycles. The molecule has 1 atom stereocenters. The molecular weight excluding hydrogens is 506 g/mol. The fourth-order valence-corrected chi connectivity index (χ4v) is 4.28. The Morgan fingerprint density at radius 3 is 2.16 bits per heavy atom. The molecule has 198 valence electrons. The molecule has 10 heteroatoms. The van der Waals surface area contributed by atoms with Crippen molar-refractivity contribution in [3.8, 4) is 11.4 Å². The summed E-state index contributed by atoms with van der Waals surface area (Å²) >= 11 is 6.18. The van der Waals surface area contributed by atoms with Crippen molar-refractivity contribution < 1.29 is 19.1 Å². The molecule has 3 aromatic rings. The number of carbonyl (C=O) groups excluding carboxylic acids is 3. The Labute approximate surface area is 226 Å². The molecule has 9 nitrogen and oxygen atoms in total. The maximum absolute atomic E-state index is 13.4. The van der Waals surface area contributed by atoms with Crippen LogP contribution < -0.4 is 5.32 Å². The van der Waals surface area contributed by atoms with Crippen LogP contribution in [0.5, 0.6) is 0 Å². The lowest BCUT2D eigenvalue weighted by atomic mass is 10.0. The maximum atomic E-state index is 13.4. The van der Waals surface area contributed by atoms with Gasteiger partial charge in [-0.1, -0.05) is 86.1 Å². The zero-order valence-corrected chi connectivity index (χ0v) is 22.1. The van der Waals surface area contributed by atoms with Crippen molar-refractivity contribution in [1.29, 1.82) is 0 Å². The number of piperazine rings is 1. The van der Waals surface area contributed by atoms with E-state index in [1.807, 2.05) is 74.5 Å². The number of amides is 3. The van der Waals surface area contributed by atoms with Gasteiger partial charge >= 0.3 is 6.09 Å². The first kappa shape index (κ1) is 27.1. The summed E-state index contributed by atoms with van der Waals surface area (Å²) in [6, 6.07) is 19.3. The molecule has 0 radical (unpaired) electrons. The first-order valence-electron chi connectivity index (χ1n) is 12.5. The molecule has 1 unspecified atom stereocenters. The molecule has 0 aliphatic carbocycles. The Morgan fingerprint density at radius 2 is 1.53 bits per heavy atom. The number of aromatic nitrogens is 2. The largest absolute Gasteiger partial charge is 0.445 e. The molecule has 4 rings (SSSR count). The third kappa shape index (κ3) is 6.86. The van der Waals surface area contributed by atoms with E-state index in [1.165, 1.54) is 6.07 Å². The SMILES string of the molecule is CC(C)C(NC(=O)c1cc(Cl)nc(-c2ccccc2)n1)C(=O)N1CCN(C(=O)OCc2ccccc2)CC1. The third-order valence-corrected chi connectivity index (χ3v) is 6.43. The van der Waals surface area contributed by atoms with Gasteiger partial charge in [0.1, 0.15) is 23.5 Å². The molecule has 0 bridgehead atoms. The Bertz CT molecular complexity index is 1260. The van der Waals surface area contributed by atoms with E-state index in [2.05, 4.69) is 15.3 Å². The van der Waals surface area contributed by atoms with E-state index in [1.54, 1.807) is 9.80 Å². The van der Waals surface area contributed by atoms with Gasteiger partial charge < -0.3 is 19.9 Å². The number of carbonyl (C=O) groups is 3. The van der Waals surface area contributed by atoms with Crippen LogP contribution in [-0.2, 0) is 16.1 Å². The summed E-state index contributed by atoms with van der Waals surface area (Å²) in [5, 5.41) is 2.96. The highest BCUT2D eigenvalue weighted by Gasteiger charge is 2.32. The number of nitrogens with zero attached hydrogens (tertiary/aromatic N) is 4. The van der Waals surface area contributed by atoms with E-state index in [-0.39, 0.29) is 29.3 Å². The quantitative estimate of drug-likeness (QED) is 0.458. The Kier molecular flexibility index (Phi) is 8.91. The van der Waals surface area contributed by atoms with Crippen molar-refractivity contribution in [3.63, 3.8) is 0 Å². The van der Waals surface area contributed by atoms with Crippen LogP contribution in [0.4, 0.5) is 4.79 Å². The first-order chi connectivity index (χ1) is 18.3. The third-order valence-electron chi connectivity index (χ3n) is 6.23. The molecule has 0 saturated carbocycles. The molecule has 1 aliphatic rings. The van der Waals surface area contributed by atoms with Crippen LogP contribution in [0.1, 0.15) is 29.9 Å². The van der Waals surface area contributed by atoms with Crippen LogP contribution in [0.25, 0.3) is 11.4 Å². The highest BCUT2D eigenvalue weighted by Crippen LogP contribution is 2.19. The molecular formula is C28H30ClN5O4. The van der Waals surface area contributed by atoms with Gasteiger partial charge in [-0.3, -0.25) is 9.59 Å². The van der Waals surface area contributed by atoms with Crippen LogP contribution in [0.2, 0.25) is 5.15 Å². The molecule has 2 aromatic carbocycles. The van der Waals surface area contributed by atoms with Gasteiger partial charge in [-0.05, 0) is 11.5 Å². The van der Waals surface area contributed by atoms with Crippen molar-refractivity contribution in [3.05, 3.63) is 83.1 Å². The van der Waals surface area contributed by atoms with Crippen LogP contribution >= 0.6 is 11.6 Å². The summed E-state index contributed by atoms with van der Waals surface area (Å²) in [5.41, 5.74) is 1.71. The van der Waals surface area contributed by atoms with E-state index < -0.39 is 18.0 Å². The molecule has 1 saturated heterocycles. The summed E-state index contributed by atoms with van der Waals surface area (Å²) in [7, 11) is 0. The van der Waals surface area contributed by atoms with Crippen molar-refractivity contribution in [2.45, 2.75) is 26.5 Å². The maximum Gasteiger partial charge on any atom is 0.410 e. The van der Waals surface area contributed by atoms with Gasteiger partial charge in [-0.2, -0.15) is 0 Å². The van der Waals surface area contributed by atoms with Crippen molar-refractivity contribution in [2.24, 2.45) is 5.92 Å². The summed E-state index contributed by atoms with van der Waals surface area (Å²) in [6.07, 6.45) is -0.412. The molecule has 1 aliphatic heterocycles. The second-order valence-corrected chi connectivity index (χ2v) is 9.70. The van der Waals surface area contributed by atoms with Crippen molar-refractivity contribution >= 4 is 29.5 Å². The Hall–Kier alpha value is -3.98. The second-order valence-electron chi connectivity index (χ2n) is 9.31. The fraction of sp³-hybridized carbons (Fsp3) is 0.321. The van der Waals surface area contributed by atoms with E-state index in [4.69, 9.17) is 16.3 Å². The number of hydrogen-bond acceptors (Lipinski definition) is 6. The number of benzene rings is 2. The minimum absolute atomic E-state index is 0.0771. The monoisotopic (exact) mass is 535 g/mol. The lowest BCUT2D eigenvalue weighted by Crippen LogP contribution is -2.57. The van der Waals surface area contributed by atoms with Gasteiger partial charge in [0.15, 0.2) is 5.82 Å². The minimum atomic E-state index is -0.770. The van der Waals surface area contributed by atoms with Gasteiger partial charge in [-0.15, -0.1) is 0 Å². The molecule has 1 N–H and O–H groups in total. The normalized spacial score (nSPS) is 14.2. The predicted octanol–water partition coefficient (Wildman–Crippen LogP) is 4.03. The zero-order chi connectivity index (χ0) is 27.1. The Morgan fingerprint density at radius 1 is 0.921 bits per heavy atom. The fourth-order valence-electron chi connectivity index (χ4n) is 4.10. The van der Waals surface area contributed by atoms with Crippen LogP contribution in [0, 0.1) is 5.92 Å². The average molecular weight is 536 g/mol. The van der Waals surface area contributed by atoms with Crippen LogP contribution in [-0.4, -0.2) is 69.9 Å². The Balaban J connectivity index is 1.36. The van der Waals surface area contributed by atoms with Gasteiger partial charge in [0.2, 0.25) is 5.91 Å². The summed E-state index contributed by atoms with van der Waals surface area (Å²) in [5.74, 6) is -0.576. The highest BCUT2D eigenvalue weighted by molar-refractivity contribution is 6.29. The second kappa shape index (κ2) is 12.5. The van der Waals surface area contributed by atoms with Gasteiger partial charge in [0.05, 0.1) is 0 Å². The first-order valence-corrected chi connectivity index (χ1v) is 12.8. The van der Waals surface area contributed by atoms with Crippen LogP contribution in [0.15, 0.2) is 66.7 Å². The van der Waals surface area contributed by atoms with E-state index in [0.717, 1.165) is 11.1 Å². The number of hydrogen-bond donors (Lipinski definition) is 1. The summed E-state index contributed by atoms with van der Waals surface area (Å²) < 4.78 is 5.41. The molecule has 38 heavy (non-hydrogen) atoms. The van der Waals surface area contributed by atoms with E-state index in [0.29, 0.717) is 32.0 Å². The van der Waals surface area contributed by atoms with Gasteiger partial charge in [0, 0.05) is 37.8 Å². The summed E-state index contributed by atoms with van der Waals surface area (Å²) in [6.45, 7) is 5.30. The number of ether oxygens (including phenoxy) is 1. The lowest BCUT2D eigenvalue weighted by molar-refractivity contribution is -0.136. The molecule has 1 fully saturated rings. The van der Waals surface area contributed by atoms with E-state index in [9.17, 15) is 14.4 Å². The van der Waals surface area contributed by atoms with Crippen molar-refractivity contribution in [2.75, 3.05) is 26.2 Å². The summed E-state index contributed by atoms with van der Waals surface area (Å²) in [4.78, 5) is 50.8. The number of rotatable bonds is 7. The number of halogens is 1. The minimum Gasteiger partial charge on any atom is -0.445 e. The molecule has 3 amide bonds. The zero-order valence-electron chi connectivity index (χ0n) is 21.3. The predicted molar refractivity (Wildman–Crippen MR) is 143 cm³/mol. The van der Waals surface area contributed by atoms with Gasteiger partial charge in [-0.25, -0.2) is 14.8 Å². The van der Waals surface area contributed by atoms with Crippen molar-refractivity contribution in [1.82, 2.24) is 25.1 Å². The highest BCUT2D eigenvalue weighted by atomic mass is 35.5. The molecule has 2 heterocycles. The topological polar surface area (TPSA) is 105 Å². The number of nitrogens with one attached hydrogen (secondary N) is 1. The standard InChI is InChI=1S/C28H30ClN5O4/c1-19(2)24(32-26(35)22-17-23(29)31-25(30-22)21-11-7-4-8-12-21)27(36)33-13-15-34(16-14-33)28(37)38-18-20-9-5-3-6-10-20/h3-12,17,19,24H,13-16,18H2,1-2H3,(H,32,35). The average Bonchev–Trinajstić information content (AvgIpc) is 2.94. The van der Waals surface area contributed by atoms with Gasteiger partial charge in [0.25, 0.3) is 5.91 Å². The smallest absolute Gasteiger partial charge is 0.410 e. The molecule has 0 spiro atoms. The van der Waals surface area contributed by atoms with Crippen LogP contribution in [0.3, 0.4) is 0 Å². The lowest BCUT2D eigenvalue weighted by Gasteiger charge is -2.36.